The van der Waals surface area contributed by atoms with E-state index >= 15 is 0 Å². The number of hydrogen-bond acceptors (Lipinski definition) is 1. The lowest BCUT2D eigenvalue weighted by atomic mass is 9.90. The van der Waals surface area contributed by atoms with Gasteiger partial charge in [-0.25, -0.2) is 0 Å². The average molecular weight is 194 g/mol. The van der Waals surface area contributed by atoms with Crippen LogP contribution >= 0.6 is 0 Å². The molecular weight excluding hydrogens is 172 g/mol. The van der Waals surface area contributed by atoms with Crippen LogP contribution in [0.3, 0.4) is 0 Å². The molecule has 0 radical (unpaired) electrons. The van der Waals surface area contributed by atoms with Crippen LogP contribution in [0.1, 0.15) is 64.2 Å². The van der Waals surface area contributed by atoms with Crippen LogP contribution in [-0.4, -0.2) is 0 Å². The van der Waals surface area contributed by atoms with Crippen LogP contribution in [0.25, 0.3) is 0 Å². The second-order valence-electron chi connectivity index (χ2n) is 4.70. The SMILES string of the molecule is CC[C@H](c1cc(C(C)C)co1)C(C)C. The summed E-state index contributed by atoms with van der Waals surface area (Å²) in [5.74, 6) is 2.96. The summed E-state index contributed by atoms with van der Waals surface area (Å²) >= 11 is 0. The Balaban J connectivity index is 2.84. The van der Waals surface area contributed by atoms with Crippen molar-refractivity contribution in [3.8, 4) is 0 Å². The van der Waals surface area contributed by atoms with E-state index in [0.29, 0.717) is 17.8 Å². The molecule has 1 atom stereocenters. The fourth-order valence-corrected chi connectivity index (χ4v) is 1.87. The zero-order valence-corrected chi connectivity index (χ0v) is 10.0. The van der Waals surface area contributed by atoms with Crippen molar-refractivity contribution in [2.75, 3.05) is 0 Å². The summed E-state index contributed by atoms with van der Waals surface area (Å²) in [6.07, 6.45) is 3.06. The zero-order chi connectivity index (χ0) is 10.7. The average Bonchev–Trinajstić information content (AvgIpc) is 2.53. The second-order valence-corrected chi connectivity index (χ2v) is 4.70. The predicted molar refractivity (Wildman–Crippen MR) is 60.7 cm³/mol. The van der Waals surface area contributed by atoms with Crippen molar-refractivity contribution in [3.63, 3.8) is 0 Å². The van der Waals surface area contributed by atoms with E-state index in [-0.39, 0.29) is 0 Å². The van der Waals surface area contributed by atoms with Crippen LogP contribution in [0.15, 0.2) is 16.7 Å². The van der Waals surface area contributed by atoms with Gasteiger partial charge in [-0.05, 0) is 29.9 Å². The zero-order valence-electron chi connectivity index (χ0n) is 10.0. The maximum atomic E-state index is 5.64. The molecule has 1 nitrogen and oxygen atoms in total. The van der Waals surface area contributed by atoms with Gasteiger partial charge in [0.05, 0.1) is 6.26 Å². The normalized spacial score (nSPS) is 13.9. The molecular formula is C13H22O. The Kier molecular flexibility index (Phi) is 3.79. The van der Waals surface area contributed by atoms with E-state index in [2.05, 4.69) is 40.7 Å². The quantitative estimate of drug-likeness (QED) is 0.685. The summed E-state index contributed by atoms with van der Waals surface area (Å²) < 4.78 is 5.64. The molecule has 0 spiro atoms. The molecule has 1 heterocycles. The first-order valence-corrected chi connectivity index (χ1v) is 5.64. The van der Waals surface area contributed by atoms with E-state index in [1.807, 2.05) is 6.26 Å². The molecule has 0 amide bonds. The molecule has 0 fully saturated rings. The highest BCUT2D eigenvalue weighted by Crippen LogP contribution is 2.30. The smallest absolute Gasteiger partial charge is 0.107 e. The third kappa shape index (κ3) is 2.40. The second kappa shape index (κ2) is 4.68. The molecule has 14 heavy (non-hydrogen) atoms. The molecule has 0 saturated carbocycles. The van der Waals surface area contributed by atoms with E-state index in [1.54, 1.807) is 0 Å². The molecule has 0 aliphatic heterocycles. The Morgan fingerprint density at radius 3 is 2.21 bits per heavy atom. The van der Waals surface area contributed by atoms with Gasteiger partial charge in [0.15, 0.2) is 0 Å². The maximum Gasteiger partial charge on any atom is 0.107 e. The van der Waals surface area contributed by atoms with Crippen molar-refractivity contribution in [2.45, 2.75) is 52.9 Å². The highest BCUT2D eigenvalue weighted by atomic mass is 16.3. The third-order valence-corrected chi connectivity index (χ3v) is 2.92. The third-order valence-electron chi connectivity index (χ3n) is 2.92. The van der Waals surface area contributed by atoms with Gasteiger partial charge in [0.1, 0.15) is 5.76 Å². The van der Waals surface area contributed by atoms with Crippen molar-refractivity contribution in [2.24, 2.45) is 5.92 Å². The Morgan fingerprint density at radius 1 is 1.21 bits per heavy atom. The minimum atomic E-state index is 0.567. The van der Waals surface area contributed by atoms with Gasteiger partial charge in [-0.2, -0.15) is 0 Å². The molecule has 80 valence electrons. The lowest BCUT2D eigenvalue weighted by Crippen LogP contribution is -2.03. The molecule has 0 unspecified atom stereocenters. The standard InChI is InChI=1S/C13H22O/c1-6-12(10(4)5)13-7-11(8-14-13)9(2)3/h7-10,12H,6H2,1-5H3/t12-/m0/s1. The first-order chi connectivity index (χ1) is 6.56. The fraction of sp³-hybridized carbons (Fsp3) is 0.692. The topological polar surface area (TPSA) is 13.1 Å². The van der Waals surface area contributed by atoms with Gasteiger partial charge in [-0.3, -0.25) is 0 Å². The van der Waals surface area contributed by atoms with E-state index in [4.69, 9.17) is 4.42 Å². The summed E-state index contributed by atoms with van der Waals surface area (Å²) in [5.41, 5.74) is 1.32. The molecule has 0 aliphatic carbocycles. The number of rotatable bonds is 4. The summed E-state index contributed by atoms with van der Waals surface area (Å²) in [7, 11) is 0. The van der Waals surface area contributed by atoms with E-state index in [9.17, 15) is 0 Å². The van der Waals surface area contributed by atoms with Gasteiger partial charge in [-0.1, -0.05) is 34.6 Å². The van der Waals surface area contributed by atoms with E-state index in [0.717, 1.165) is 12.2 Å². The molecule has 0 aliphatic rings. The minimum absolute atomic E-state index is 0.567. The Hall–Kier alpha value is -0.720. The van der Waals surface area contributed by atoms with Crippen LogP contribution in [0, 0.1) is 5.92 Å². The molecule has 1 rings (SSSR count). The van der Waals surface area contributed by atoms with Crippen LogP contribution in [0.2, 0.25) is 0 Å². The van der Waals surface area contributed by atoms with Crippen molar-refractivity contribution in [3.05, 3.63) is 23.7 Å². The number of hydrogen-bond donors (Lipinski definition) is 0. The van der Waals surface area contributed by atoms with Crippen LogP contribution < -0.4 is 0 Å². The minimum Gasteiger partial charge on any atom is -0.469 e. The molecule has 0 bridgehead atoms. The molecule has 0 N–H and O–H groups in total. The van der Waals surface area contributed by atoms with Gasteiger partial charge in [0, 0.05) is 5.92 Å². The molecule has 1 aromatic heterocycles. The first kappa shape index (κ1) is 11.4. The van der Waals surface area contributed by atoms with Gasteiger partial charge >= 0.3 is 0 Å². The summed E-state index contributed by atoms with van der Waals surface area (Å²) in [5, 5.41) is 0. The largest absolute Gasteiger partial charge is 0.469 e. The summed E-state index contributed by atoms with van der Waals surface area (Å²) in [4.78, 5) is 0. The lowest BCUT2D eigenvalue weighted by Gasteiger charge is -2.15. The van der Waals surface area contributed by atoms with Crippen molar-refractivity contribution >= 4 is 0 Å². The van der Waals surface area contributed by atoms with E-state index in [1.165, 1.54) is 5.56 Å². The number of furan rings is 1. The van der Waals surface area contributed by atoms with Gasteiger partial charge in [0.25, 0.3) is 0 Å². The highest BCUT2D eigenvalue weighted by Gasteiger charge is 2.17. The summed E-state index contributed by atoms with van der Waals surface area (Å²) in [6, 6.07) is 2.22. The molecule has 1 aromatic rings. The van der Waals surface area contributed by atoms with Crippen LogP contribution in [0.4, 0.5) is 0 Å². The van der Waals surface area contributed by atoms with Crippen LogP contribution in [-0.2, 0) is 0 Å². The Labute approximate surface area is 87.5 Å². The van der Waals surface area contributed by atoms with Crippen molar-refractivity contribution < 1.29 is 4.42 Å². The Bertz CT molecular complexity index is 271. The lowest BCUT2D eigenvalue weighted by molar-refractivity contribution is 0.386. The van der Waals surface area contributed by atoms with E-state index < -0.39 is 0 Å². The molecule has 0 aromatic carbocycles. The van der Waals surface area contributed by atoms with Gasteiger partial charge in [-0.15, -0.1) is 0 Å². The van der Waals surface area contributed by atoms with Crippen molar-refractivity contribution in [1.82, 2.24) is 0 Å². The Morgan fingerprint density at radius 2 is 1.86 bits per heavy atom. The summed E-state index contributed by atoms with van der Waals surface area (Å²) in [6.45, 7) is 11.1. The monoisotopic (exact) mass is 194 g/mol. The maximum absolute atomic E-state index is 5.64. The van der Waals surface area contributed by atoms with Crippen LogP contribution in [0.5, 0.6) is 0 Å². The van der Waals surface area contributed by atoms with Gasteiger partial charge in [0.2, 0.25) is 0 Å². The predicted octanol–water partition coefficient (Wildman–Crippen LogP) is 4.55. The molecule has 1 heteroatoms. The fourth-order valence-electron chi connectivity index (χ4n) is 1.87. The van der Waals surface area contributed by atoms with Crippen molar-refractivity contribution in [1.29, 1.82) is 0 Å². The molecule has 0 saturated heterocycles. The highest BCUT2D eigenvalue weighted by molar-refractivity contribution is 5.19. The van der Waals surface area contributed by atoms with Gasteiger partial charge < -0.3 is 4.42 Å². The first-order valence-electron chi connectivity index (χ1n) is 5.64.